The van der Waals surface area contributed by atoms with E-state index in [1.807, 2.05) is 0 Å². The molecule has 0 aliphatic rings. The van der Waals surface area contributed by atoms with E-state index in [9.17, 15) is 10.1 Å². The Hall–Kier alpha value is -1.95. The number of nitro benzene ring substituents is 1. The number of benzene rings is 1. The summed E-state index contributed by atoms with van der Waals surface area (Å²) in [4.78, 5) is 14.6. The Balaban J connectivity index is 2.65. The molecule has 0 aliphatic heterocycles. The van der Waals surface area contributed by atoms with Crippen molar-refractivity contribution in [2.24, 2.45) is 5.16 Å². The normalized spacial score (nSPS) is 10.5. The zero-order valence-corrected chi connectivity index (χ0v) is 7.87. The lowest BCUT2D eigenvalue weighted by Gasteiger charge is -1.95. The summed E-state index contributed by atoms with van der Waals surface area (Å²) in [5, 5.41) is 22.3. The molecule has 1 rings (SSSR count). The lowest BCUT2D eigenvalue weighted by atomic mass is 10.2. The van der Waals surface area contributed by atoms with Gasteiger partial charge in [-0.25, -0.2) is 0 Å². The van der Waals surface area contributed by atoms with E-state index < -0.39 is 4.92 Å². The van der Waals surface area contributed by atoms with Gasteiger partial charge >= 0.3 is 0 Å². The van der Waals surface area contributed by atoms with E-state index in [1.165, 1.54) is 18.3 Å². The van der Waals surface area contributed by atoms with Gasteiger partial charge in [0.2, 0.25) is 0 Å². The van der Waals surface area contributed by atoms with Crippen LogP contribution in [0.2, 0.25) is 0 Å². The summed E-state index contributed by atoms with van der Waals surface area (Å²) in [5.41, 5.74) is 0.572. The van der Waals surface area contributed by atoms with Crippen molar-refractivity contribution in [2.45, 2.75) is 0 Å². The Morgan fingerprint density at radius 2 is 2.40 bits per heavy atom. The van der Waals surface area contributed by atoms with Crippen LogP contribution in [0, 0.1) is 10.1 Å². The fourth-order valence-electron chi connectivity index (χ4n) is 0.910. The second-order valence-electron chi connectivity index (χ2n) is 2.64. The van der Waals surface area contributed by atoms with Gasteiger partial charge in [0.1, 0.15) is 6.61 Å². The molecule has 15 heavy (non-hydrogen) atoms. The first-order valence-electron chi connectivity index (χ1n) is 4.24. The molecule has 0 aromatic heterocycles. The highest BCUT2D eigenvalue weighted by molar-refractivity contribution is 5.80. The fraction of sp³-hybridized carbons (Fsp3) is 0.222. The van der Waals surface area contributed by atoms with Crippen LogP contribution in [0.1, 0.15) is 5.56 Å². The standard InChI is InChI=1S/C9H10N2O4/c12-4-5-15-10-7-8-2-1-3-9(6-8)11(13)14/h1-3,6-7,12H,4-5H2. The number of oxime groups is 1. The average Bonchev–Trinajstić information content (AvgIpc) is 2.25. The second kappa shape index (κ2) is 5.71. The molecule has 6 heteroatoms. The smallest absolute Gasteiger partial charge is 0.270 e. The highest BCUT2D eigenvalue weighted by Crippen LogP contribution is 2.11. The van der Waals surface area contributed by atoms with Gasteiger partial charge in [0.25, 0.3) is 5.69 Å². The van der Waals surface area contributed by atoms with Crippen molar-refractivity contribution in [3.05, 3.63) is 39.9 Å². The van der Waals surface area contributed by atoms with E-state index >= 15 is 0 Å². The van der Waals surface area contributed by atoms with Crippen LogP contribution in [0.15, 0.2) is 29.4 Å². The summed E-state index contributed by atoms with van der Waals surface area (Å²) in [7, 11) is 0. The number of nitrogens with zero attached hydrogens (tertiary/aromatic N) is 2. The zero-order chi connectivity index (χ0) is 11.1. The summed E-state index contributed by atoms with van der Waals surface area (Å²) in [5.74, 6) is 0. The summed E-state index contributed by atoms with van der Waals surface area (Å²) in [6, 6.07) is 6.00. The third-order valence-corrected chi connectivity index (χ3v) is 1.54. The van der Waals surface area contributed by atoms with Gasteiger partial charge in [0.05, 0.1) is 17.7 Å². The van der Waals surface area contributed by atoms with Gasteiger partial charge < -0.3 is 9.94 Å². The lowest BCUT2D eigenvalue weighted by Crippen LogP contribution is -1.94. The van der Waals surface area contributed by atoms with Gasteiger partial charge in [-0.05, 0) is 0 Å². The van der Waals surface area contributed by atoms with E-state index in [4.69, 9.17) is 5.11 Å². The SMILES string of the molecule is O=[N+]([O-])c1cccc(C=NOCCO)c1. The summed E-state index contributed by atoms with van der Waals surface area (Å²) in [6.45, 7) is -0.0162. The topological polar surface area (TPSA) is 85.0 Å². The van der Waals surface area contributed by atoms with E-state index in [0.29, 0.717) is 5.56 Å². The molecule has 0 fully saturated rings. The molecule has 1 aromatic carbocycles. The van der Waals surface area contributed by atoms with Crippen LogP contribution in [-0.2, 0) is 4.84 Å². The Kier molecular flexibility index (Phi) is 4.24. The van der Waals surface area contributed by atoms with Gasteiger partial charge in [-0.2, -0.15) is 0 Å². The molecule has 80 valence electrons. The van der Waals surface area contributed by atoms with Crippen molar-refractivity contribution in [1.82, 2.24) is 0 Å². The van der Waals surface area contributed by atoms with Crippen molar-refractivity contribution in [2.75, 3.05) is 13.2 Å². The summed E-state index contributed by atoms with van der Waals surface area (Å²) < 4.78 is 0. The molecule has 0 aliphatic carbocycles. The molecular weight excluding hydrogens is 200 g/mol. The van der Waals surface area contributed by atoms with Gasteiger partial charge in [-0.1, -0.05) is 17.3 Å². The van der Waals surface area contributed by atoms with Crippen LogP contribution in [0.5, 0.6) is 0 Å². The van der Waals surface area contributed by atoms with Gasteiger partial charge in [0, 0.05) is 17.7 Å². The molecular formula is C9H10N2O4. The molecule has 0 saturated heterocycles. The van der Waals surface area contributed by atoms with Crippen LogP contribution in [0.3, 0.4) is 0 Å². The molecule has 6 nitrogen and oxygen atoms in total. The predicted molar refractivity (Wildman–Crippen MR) is 53.7 cm³/mol. The number of aliphatic hydroxyl groups excluding tert-OH is 1. The largest absolute Gasteiger partial charge is 0.393 e. The first-order chi connectivity index (χ1) is 7.24. The molecule has 0 atom stereocenters. The van der Waals surface area contributed by atoms with Crippen LogP contribution in [0.25, 0.3) is 0 Å². The quantitative estimate of drug-likeness (QED) is 0.339. The number of rotatable bonds is 5. The summed E-state index contributed by atoms with van der Waals surface area (Å²) >= 11 is 0. The number of non-ortho nitro benzene ring substituents is 1. The van der Waals surface area contributed by atoms with Crippen molar-refractivity contribution < 1.29 is 14.9 Å². The van der Waals surface area contributed by atoms with Gasteiger partial charge in [-0.15, -0.1) is 0 Å². The van der Waals surface area contributed by atoms with E-state index in [-0.39, 0.29) is 18.9 Å². The maximum atomic E-state index is 10.4. The minimum Gasteiger partial charge on any atom is -0.393 e. The third-order valence-electron chi connectivity index (χ3n) is 1.54. The van der Waals surface area contributed by atoms with Gasteiger partial charge in [0.15, 0.2) is 0 Å². The molecule has 0 spiro atoms. The predicted octanol–water partition coefficient (Wildman–Crippen LogP) is 0.938. The number of nitro groups is 1. The highest BCUT2D eigenvalue weighted by Gasteiger charge is 2.03. The minimum absolute atomic E-state index is 0.00103. The van der Waals surface area contributed by atoms with Crippen molar-refractivity contribution >= 4 is 11.9 Å². The van der Waals surface area contributed by atoms with Crippen LogP contribution in [-0.4, -0.2) is 29.5 Å². The molecule has 1 aromatic rings. The Morgan fingerprint density at radius 3 is 3.07 bits per heavy atom. The lowest BCUT2D eigenvalue weighted by molar-refractivity contribution is -0.384. The number of hydrogen-bond acceptors (Lipinski definition) is 5. The molecule has 0 unspecified atom stereocenters. The Labute approximate surface area is 85.9 Å². The molecule has 0 amide bonds. The fourth-order valence-corrected chi connectivity index (χ4v) is 0.910. The van der Waals surface area contributed by atoms with Crippen LogP contribution >= 0.6 is 0 Å². The van der Waals surface area contributed by atoms with E-state index in [2.05, 4.69) is 9.99 Å². The maximum absolute atomic E-state index is 10.4. The van der Waals surface area contributed by atoms with Crippen molar-refractivity contribution in [3.63, 3.8) is 0 Å². The van der Waals surface area contributed by atoms with Crippen molar-refractivity contribution in [1.29, 1.82) is 0 Å². The van der Waals surface area contributed by atoms with Gasteiger partial charge in [-0.3, -0.25) is 10.1 Å². The minimum atomic E-state index is -0.480. The molecule has 0 radical (unpaired) electrons. The van der Waals surface area contributed by atoms with E-state index in [1.54, 1.807) is 12.1 Å². The first-order valence-corrected chi connectivity index (χ1v) is 4.24. The van der Waals surface area contributed by atoms with Crippen LogP contribution in [0.4, 0.5) is 5.69 Å². The second-order valence-corrected chi connectivity index (χ2v) is 2.64. The molecule has 0 bridgehead atoms. The monoisotopic (exact) mass is 210 g/mol. The third kappa shape index (κ3) is 3.74. The Morgan fingerprint density at radius 1 is 1.60 bits per heavy atom. The summed E-state index contributed by atoms with van der Waals surface area (Å²) in [6.07, 6.45) is 1.35. The maximum Gasteiger partial charge on any atom is 0.270 e. The average molecular weight is 210 g/mol. The first kappa shape index (κ1) is 11.1. The molecule has 1 N–H and O–H groups in total. The number of aliphatic hydroxyl groups is 1. The van der Waals surface area contributed by atoms with E-state index in [0.717, 1.165) is 0 Å². The highest BCUT2D eigenvalue weighted by atomic mass is 16.6. The van der Waals surface area contributed by atoms with Crippen molar-refractivity contribution in [3.8, 4) is 0 Å². The zero-order valence-electron chi connectivity index (χ0n) is 7.87. The Bertz CT molecular complexity index is 365. The molecule has 0 heterocycles. The van der Waals surface area contributed by atoms with Crippen LogP contribution < -0.4 is 0 Å². The number of hydrogen-bond donors (Lipinski definition) is 1. The molecule has 0 saturated carbocycles.